The summed E-state index contributed by atoms with van der Waals surface area (Å²) >= 11 is 3.39. The number of halogens is 1. The number of pyridine rings is 1. The van der Waals surface area contributed by atoms with E-state index in [1.165, 1.54) is 0 Å². The van der Waals surface area contributed by atoms with Gasteiger partial charge in [0.1, 0.15) is 0 Å². The van der Waals surface area contributed by atoms with Gasteiger partial charge in [0.15, 0.2) is 0 Å². The summed E-state index contributed by atoms with van der Waals surface area (Å²) in [6.45, 7) is 3.50. The zero-order chi connectivity index (χ0) is 9.19. The van der Waals surface area contributed by atoms with Gasteiger partial charge in [-0.1, -0.05) is 22.0 Å². The van der Waals surface area contributed by atoms with Gasteiger partial charge in [-0.3, -0.25) is 4.98 Å². The quantitative estimate of drug-likeness (QED) is 0.790. The lowest BCUT2D eigenvalue weighted by atomic mass is 10.0. The molecule has 0 aliphatic carbocycles. The summed E-state index contributed by atoms with van der Waals surface area (Å²) in [5.41, 5.74) is 0.0685. The lowest BCUT2D eigenvalue weighted by Crippen LogP contribution is -2.25. The van der Waals surface area contributed by atoms with E-state index in [9.17, 15) is 5.11 Å². The Labute approximate surface area is 80.8 Å². The first-order chi connectivity index (χ1) is 5.52. The number of aliphatic hydroxyl groups is 1. The fraction of sp³-hybridized carbons (Fsp3) is 0.444. The first kappa shape index (κ1) is 9.68. The van der Waals surface area contributed by atoms with Gasteiger partial charge in [-0.05, 0) is 26.0 Å². The van der Waals surface area contributed by atoms with Crippen LogP contribution in [0.5, 0.6) is 0 Å². The predicted octanol–water partition coefficient (Wildman–Crippen LogP) is 2.29. The summed E-state index contributed by atoms with van der Waals surface area (Å²) in [4.78, 5) is 4.02. The molecule has 1 atom stereocenters. The molecule has 66 valence electrons. The van der Waals surface area contributed by atoms with Crippen LogP contribution in [0.2, 0.25) is 0 Å². The fourth-order valence-corrected chi connectivity index (χ4v) is 1.16. The Morgan fingerprint density at radius 2 is 2.17 bits per heavy atom. The topological polar surface area (TPSA) is 33.1 Å². The Morgan fingerprint density at radius 1 is 1.50 bits per heavy atom. The van der Waals surface area contributed by atoms with Gasteiger partial charge in [-0.2, -0.15) is 0 Å². The molecule has 0 saturated carbocycles. The summed E-state index contributed by atoms with van der Waals surface area (Å²) in [5.74, 6) is 0. The molecule has 3 heteroatoms. The zero-order valence-corrected chi connectivity index (χ0v) is 8.75. The average Bonchev–Trinajstić information content (AvgIpc) is 2.03. The average molecular weight is 230 g/mol. The van der Waals surface area contributed by atoms with Gasteiger partial charge >= 0.3 is 0 Å². The van der Waals surface area contributed by atoms with E-state index in [-0.39, 0.29) is 4.83 Å². The van der Waals surface area contributed by atoms with Gasteiger partial charge in [0.25, 0.3) is 0 Å². The number of rotatable bonds is 2. The van der Waals surface area contributed by atoms with Crippen LogP contribution in [0.4, 0.5) is 0 Å². The van der Waals surface area contributed by atoms with E-state index in [2.05, 4.69) is 20.9 Å². The highest BCUT2D eigenvalue weighted by Crippen LogP contribution is 2.31. The van der Waals surface area contributed by atoms with Crippen molar-refractivity contribution in [1.82, 2.24) is 4.98 Å². The van der Waals surface area contributed by atoms with Crippen molar-refractivity contribution in [2.75, 3.05) is 0 Å². The second kappa shape index (κ2) is 3.54. The number of hydrogen-bond acceptors (Lipinski definition) is 2. The van der Waals surface area contributed by atoms with Gasteiger partial charge in [-0.25, -0.2) is 0 Å². The van der Waals surface area contributed by atoms with Crippen LogP contribution < -0.4 is 0 Å². The third kappa shape index (κ3) is 2.29. The monoisotopic (exact) mass is 229 g/mol. The van der Waals surface area contributed by atoms with Crippen LogP contribution in [0.25, 0.3) is 0 Å². The molecule has 0 radical (unpaired) electrons. The Morgan fingerprint density at radius 3 is 2.58 bits per heavy atom. The van der Waals surface area contributed by atoms with E-state index >= 15 is 0 Å². The van der Waals surface area contributed by atoms with Crippen molar-refractivity contribution in [1.29, 1.82) is 0 Å². The van der Waals surface area contributed by atoms with Crippen LogP contribution in [0.3, 0.4) is 0 Å². The van der Waals surface area contributed by atoms with Crippen molar-refractivity contribution in [3.8, 4) is 0 Å². The minimum absolute atomic E-state index is 0.119. The van der Waals surface area contributed by atoms with Crippen molar-refractivity contribution < 1.29 is 5.11 Å². The van der Waals surface area contributed by atoms with Gasteiger partial charge in [-0.15, -0.1) is 0 Å². The molecule has 0 aliphatic rings. The molecule has 1 heterocycles. The minimum atomic E-state index is -0.783. The smallest absolute Gasteiger partial charge is 0.0849 e. The van der Waals surface area contributed by atoms with Gasteiger partial charge in [0.05, 0.1) is 16.1 Å². The largest absolute Gasteiger partial charge is 0.389 e. The van der Waals surface area contributed by atoms with Crippen molar-refractivity contribution in [2.45, 2.75) is 24.3 Å². The molecule has 0 bridgehead atoms. The number of hydrogen-bond donors (Lipinski definition) is 1. The van der Waals surface area contributed by atoms with E-state index < -0.39 is 5.60 Å². The fourth-order valence-electron chi connectivity index (χ4n) is 0.888. The second-order valence-electron chi connectivity index (χ2n) is 3.27. The third-order valence-corrected chi connectivity index (χ3v) is 3.16. The zero-order valence-electron chi connectivity index (χ0n) is 7.16. The molecular formula is C9H12BrNO. The van der Waals surface area contributed by atoms with E-state index in [4.69, 9.17) is 0 Å². The minimum Gasteiger partial charge on any atom is -0.389 e. The molecule has 0 spiro atoms. The van der Waals surface area contributed by atoms with Gasteiger partial charge in [0.2, 0.25) is 0 Å². The molecule has 1 aromatic heterocycles. The highest BCUT2D eigenvalue weighted by atomic mass is 79.9. The third-order valence-electron chi connectivity index (χ3n) is 1.57. The van der Waals surface area contributed by atoms with E-state index in [0.29, 0.717) is 0 Å². The maximum Gasteiger partial charge on any atom is 0.0849 e. The molecule has 0 aromatic carbocycles. The van der Waals surface area contributed by atoms with Crippen molar-refractivity contribution in [3.63, 3.8) is 0 Å². The van der Waals surface area contributed by atoms with Gasteiger partial charge < -0.3 is 5.11 Å². The van der Waals surface area contributed by atoms with Crippen LogP contribution in [-0.2, 0) is 0 Å². The Kier molecular flexibility index (Phi) is 2.85. The highest BCUT2D eigenvalue weighted by Gasteiger charge is 2.26. The molecule has 0 aliphatic heterocycles. The molecule has 1 rings (SSSR count). The SMILES string of the molecule is CC(C)(O)C(Br)c1ccccn1. The van der Waals surface area contributed by atoms with E-state index in [0.717, 1.165) is 5.69 Å². The summed E-state index contributed by atoms with van der Waals surface area (Å²) in [7, 11) is 0. The molecule has 0 saturated heterocycles. The standard InChI is InChI=1S/C9H12BrNO/c1-9(2,12)8(10)7-5-3-4-6-11-7/h3-6,8,12H,1-2H3. The lowest BCUT2D eigenvalue weighted by Gasteiger charge is -2.23. The van der Waals surface area contributed by atoms with Crippen molar-refractivity contribution in [2.24, 2.45) is 0 Å². The normalized spacial score (nSPS) is 14.3. The van der Waals surface area contributed by atoms with Gasteiger partial charge in [0, 0.05) is 6.20 Å². The summed E-state index contributed by atoms with van der Waals surface area (Å²) in [5, 5.41) is 9.65. The number of aromatic nitrogens is 1. The maximum atomic E-state index is 9.65. The lowest BCUT2D eigenvalue weighted by molar-refractivity contribution is 0.0786. The van der Waals surface area contributed by atoms with Crippen LogP contribution in [0.15, 0.2) is 24.4 Å². The van der Waals surface area contributed by atoms with E-state index in [1.54, 1.807) is 20.0 Å². The van der Waals surface area contributed by atoms with Crippen LogP contribution in [-0.4, -0.2) is 15.7 Å². The Hall–Kier alpha value is -0.410. The molecule has 1 aromatic rings. The second-order valence-corrected chi connectivity index (χ2v) is 4.19. The predicted molar refractivity (Wildman–Crippen MR) is 52.2 cm³/mol. The molecule has 2 nitrogen and oxygen atoms in total. The van der Waals surface area contributed by atoms with Crippen molar-refractivity contribution >= 4 is 15.9 Å². The van der Waals surface area contributed by atoms with Crippen LogP contribution >= 0.6 is 15.9 Å². The molecule has 12 heavy (non-hydrogen) atoms. The van der Waals surface area contributed by atoms with Crippen molar-refractivity contribution in [3.05, 3.63) is 30.1 Å². The molecule has 1 N–H and O–H groups in total. The van der Waals surface area contributed by atoms with E-state index in [1.807, 2.05) is 18.2 Å². The van der Waals surface area contributed by atoms with Crippen LogP contribution in [0.1, 0.15) is 24.4 Å². The number of nitrogens with zero attached hydrogens (tertiary/aromatic N) is 1. The highest BCUT2D eigenvalue weighted by molar-refractivity contribution is 9.09. The first-order valence-corrected chi connectivity index (χ1v) is 4.71. The first-order valence-electron chi connectivity index (χ1n) is 3.79. The molecule has 0 fully saturated rings. The van der Waals surface area contributed by atoms with Crippen LogP contribution in [0, 0.1) is 0 Å². The molecule has 0 amide bonds. The molecule has 1 unspecified atom stereocenters. The summed E-state index contributed by atoms with van der Waals surface area (Å²) in [6, 6.07) is 5.65. The Bertz CT molecular complexity index is 242. The summed E-state index contributed by atoms with van der Waals surface area (Å²) < 4.78 is 0. The summed E-state index contributed by atoms with van der Waals surface area (Å²) in [6.07, 6.45) is 1.72. The maximum absolute atomic E-state index is 9.65. The number of alkyl halides is 1. The Balaban J connectivity index is 2.86. The molecular weight excluding hydrogens is 218 g/mol.